The molecule has 1 atom stereocenters. The van der Waals surface area contributed by atoms with E-state index in [-0.39, 0.29) is 0 Å². The lowest BCUT2D eigenvalue weighted by atomic mass is 9.91. The fourth-order valence-electron chi connectivity index (χ4n) is 3.93. The molecule has 1 aromatic heterocycles. The van der Waals surface area contributed by atoms with E-state index in [0.29, 0.717) is 0 Å². The van der Waals surface area contributed by atoms with Crippen LogP contribution in [0.25, 0.3) is 10.1 Å². The third-order valence-corrected chi connectivity index (χ3v) is 6.60. The van der Waals surface area contributed by atoms with E-state index in [0.717, 1.165) is 42.4 Å². The van der Waals surface area contributed by atoms with E-state index in [4.69, 9.17) is 5.73 Å². The molecule has 3 nitrogen and oxygen atoms in total. The van der Waals surface area contributed by atoms with Crippen LogP contribution in [-0.4, -0.2) is 13.1 Å². The first-order chi connectivity index (χ1) is 12.6. The molecular weight excluding hydrogens is 338 g/mol. The van der Waals surface area contributed by atoms with Crippen molar-refractivity contribution in [3.8, 4) is 0 Å². The Morgan fingerprint density at radius 3 is 2.85 bits per heavy atom. The van der Waals surface area contributed by atoms with Crippen LogP contribution in [0.5, 0.6) is 0 Å². The minimum absolute atomic E-state index is 0.717. The summed E-state index contributed by atoms with van der Waals surface area (Å²) in [6.07, 6.45) is 3.71. The summed E-state index contributed by atoms with van der Waals surface area (Å²) in [4.78, 5) is 0. The number of hydrogen-bond donors (Lipinski definition) is 3. The number of nitrogens with two attached hydrogens (primary N) is 1. The van der Waals surface area contributed by atoms with Crippen LogP contribution in [0.2, 0.25) is 0 Å². The van der Waals surface area contributed by atoms with Crippen LogP contribution < -0.4 is 16.4 Å². The third kappa shape index (κ3) is 3.31. The molecule has 2 heterocycles. The van der Waals surface area contributed by atoms with Crippen molar-refractivity contribution in [2.45, 2.75) is 33.1 Å². The first-order valence-electron chi connectivity index (χ1n) is 9.46. The molecule has 1 unspecified atom stereocenters. The molecule has 2 aromatic carbocycles. The Hall–Kier alpha value is -2.04. The van der Waals surface area contributed by atoms with Gasteiger partial charge in [-0.25, -0.2) is 0 Å². The Bertz CT molecular complexity index is 923. The molecule has 4 heteroatoms. The molecule has 0 amide bonds. The molecule has 0 radical (unpaired) electrons. The van der Waals surface area contributed by atoms with Crippen molar-refractivity contribution in [3.05, 3.63) is 52.4 Å². The summed E-state index contributed by atoms with van der Waals surface area (Å²) in [7, 11) is 0. The van der Waals surface area contributed by atoms with Gasteiger partial charge in [0, 0.05) is 21.5 Å². The highest BCUT2D eigenvalue weighted by Gasteiger charge is 2.18. The number of benzene rings is 2. The number of thiophene rings is 1. The van der Waals surface area contributed by atoms with Crippen molar-refractivity contribution in [1.82, 2.24) is 5.32 Å². The molecule has 1 saturated heterocycles. The zero-order chi connectivity index (χ0) is 18.1. The standard InChI is InChI=1S/C22H27N3S/c1-14-15(2)20(7-6-19(14)23)25-22-17(12-16-4-3-10-24-13-16)5-8-21-18(22)9-11-26-21/h5-9,11,16,24-25H,3-4,10,12-13,23H2,1-2H3. The van der Waals surface area contributed by atoms with Crippen LogP contribution in [0.1, 0.15) is 29.5 Å². The maximum Gasteiger partial charge on any atom is 0.0505 e. The summed E-state index contributed by atoms with van der Waals surface area (Å²) in [6.45, 7) is 6.53. The van der Waals surface area contributed by atoms with Gasteiger partial charge in [-0.15, -0.1) is 11.3 Å². The first kappa shape index (κ1) is 17.4. The van der Waals surface area contributed by atoms with Gasteiger partial charge in [0.05, 0.1) is 5.69 Å². The lowest BCUT2D eigenvalue weighted by Gasteiger charge is -2.24. The molecule has 1 fully saturated rings. The van der Waals surface area contributed by atoms with Gasteiger partial charge in [0.15, 0.2) is 0 Å². The molecule has 0 aliphatic carbocycles. The second-order valence-corrected chi connectivity index (χ2v) is 8.37. The second-order valence-electron chi connectivity index (χ2n) is 7.43. The van der Waals surface area contributed by atoms with Crippen LogP contribution >= 0.6 is 11.3 Å². The lowest BCUT2D eigenvalue weighted by Crippen LogP contribution is -2.30. The van der Waals surface area contributed by atoms with Crippen molar-refractivity contribution >= 4 is 38.5 Å². The average molecular weight is 366 g/mol. The van der Waals surface area contributed by atoms with E-state index in [1.807, 2.05) is 6.07 Å². The SMILES string of the molecule is Cc1c(N)ccc(Nc2c(CC3CCCNC3)ccc3sccc23)c1C. The second kappa shape index (κ2) is 7.29. The summed E-state index contributed by atoms with van der Waals surface area (Å²) in [5.41, 5.74) is 13.1. The van der Waals surface area contributed by atoms with Gasteiger partial charge in [-0.05, 0) is 98.5 Å². The molecule has 4 N–H and O–H groups in total. The number of nitrogen functional groups attached to an aromatic ring is 1. The van der Waals surface area contributed by atoms with E-state index in [2.05, 4.69) is 54.1 Å². The van der Waals surface area contributed by atoms with E-state index >= 15 is 0 Å². The summed E-state index contributed by atoms with van der Waals surface area (Å²) >= 11 is 1.80. The zero-order valence-electron chi connectivity index (χ0n) is 15.6. The average Bonchev–Trinajstić information content (AvgIpc) is 3.13. The van der Waals surface area contributed by atoms with Crippen molar-refractivity contribution < 1.29 is 0 Å². The molecule has 4 rings (SSSR count). The van der Waals surface area contributed by atoms with Gasteiger partial charge >= 0.3 is 0 Å². The highest BCUT2D eigenvalue weighted by atomic mass is 32.1. The lowest BCUT2D eigenvalue weighted by molar-refractivity contribution is 0.376. The third-order valence-electron chi connectivity index (χ3n) is 5.72. The number of hydrogen-bond acceptors (Lipinski definition) is 4. The fraction of sp³-hybridized carbons (Fsp3) is 0.364. The van der Waals surface area contributed by atoms with Crippen LogP contribution in [-0.2, 0) is 6.42 Å². The fourth-order valence-corrected chi connectivity index (χ4v) is 4.72. The van der Waals surface area contributed by atoms with Crippen LogP contribution in [0.3, 0.4) is 0 Å². The first-order valence-corrected chi connectivity index (χ1v) is 10.3. The molecule has 0 saturated carbocycles. The van der Waals surface area contributed by atoms with E-state index in [1.54, 1.807) is 11.3 Å². The van der Waals surface area contributed by atoms with Gasteiger partial charge in [0.25, 0.3) is 0 Å². The summed E-state index contributed by atoms with van der Waals surface area (Å²) in [5.74, 6) is 0.717. The van der Waals surface area contributed by atoms with E-state index in [1.165, 1.54) is 39.7 Å². The Balaban J connectivity index is 1.73. The Morgan fingerprint density at radius 2 is 2.04 bits per heavy atom. The van der Waals surface area contributed by atoms with Gasteiger partial charge in [-0.1, -0.05) is 6.07 Å². The molecule has 1 aliphatic rings. The van der Waals surface area contributed by atoms with Crippen molar-refractivity contribution in [1.29, 1.82) is 0 Å². The van der Waals surface area contributed by atoms with Gasteiger partial charge < -0.3 is 16.4 Å². The Morgan fingerprint density at radius 1 is 1.15 bits per heavy atom. The zero-order valence-corrected chi connectivity index (χ0v) is 16.4. The van der Waals surface area contributed by atoms with Gasteiger partial charge in [0.1, 0.15) is 0 Å². The summed E-state index contributed by atoms with van der Waals surface area (Å²) in [6, 6.07) is 10.9. The summed E-state index contributed by atoms with van der Waals surface area (Å²) in [5, 5.41) is 10.8. The number of rotatable bonds is 4. The quantitative estimate of drug-likeness (QED) is 0.544. The van der Waals surface area contributed by atoms with E-state index < -0.39 is 0 Å². The highest BCUT2D eigenvalue weighted by Crippen LogP contribution is 2.36. The molecule has 26 heavy (non-hydrogen) atoms. The van der Waals surface area contributed by atoms with Crippen molar-refractivity contribution in [3.63, 3.8) is 0 Å². The molecule has 0 spiro atoms. The smallest absolute Gasteiger partial charge is 0.0505 e. The van der Waals surface area contributed by atoms with Gasteiger partial charge in [0.2, 0.25) is 0 Å². The summed E-state index contributed by atoms with van der Waals surface area (Å²) < 4.78 is 1.34. The van der Waals surface area contributed by atoms with Crippen LogP contribution in [0, 0.1) is 19.8 Å². The maximum absolute atomic E-state index is 6.08. The van der Waals surface area contributed by atoms with Crippen LogP contribution in [0.15, 0.2) is 35.7 Å². The van der Waals surface area contributed by atoms with Crippen molar-refractivity contribution in [2.75, 3.05) is 24.1 Å². The predicted molar refractivity (Wildman–Crippen MR) is 115 cm³/mol. The molecule has 1 aliphatic heterocycles. The topological polar surface area (TPSA) is 50.1 Å². The van der Waals surface area contributed by atoms with Gasteiger partial charge in [-0.3, -0.25) is 0 Å². The van der Waals surface area contributed by atoms with Crippen molar-refractivity contribution in [2.24, 2.45) is 5.92 Å². The van der Waals surface area contributed by atoms with Gasteiger partial charge in [-0.2, -0.15) is 0 Å². The Kier molecular flexibility index (Phi) is 4.88. The normalized spacial score (nSPS) is 17.5. The minimum Gasteiger partial charge on any atom is -0.399 e. The number of fused-ring (bicyclic) bond motifs is 1. The molecule has 0 bridgehead atoms. The number of piperidine rings is 1. The highest BCUT2D eigenvalue weighted by molar-refractivity contribution is 7.17. The largest absolute Gasteiger partial charge is 0.399 e. The predicted octanol–water partition coefficient (Wildman–Crippen LogP) is 5.39. The number of nitrogens with one attached hydrogen (secondary N) is 2. The molecule has 136 valence electrons. The molecule has 3 aromatic rings. The Labute approximate surface area is 159 Å². The number of anilines is 3. The van der Waals surface area contributed by atoms with E-state index in [9.17, 15) is 0 Å². The minimum atomic E-state index is 0.717. The molecular formula is C22H27N3S. The monoisotopic (exact) mass is 365 g/mol. The maximum atomic E-state index is 6.08. The van der Waals surface area contributed by atoms with Crippen LogP contribution in [0.4, 0.5) is 17.1 Å².